The second-order valence-corrected chi connectivity index (χ2v) is 18.9. The van der Waals surface area contributed by atoms with Crippen LogP contribution in [0, 0.1) is 0 Å². The minimum absolute atomic E-state index is 0.771. The molecule has 0 N–H and O–H groups in total. The smallest absolute Gasteiger partial charge is 0.161 e. The van der Waals surface area contributed by atoms with Crippen LogP contribution in [0.5, 0.6) is 0 Å². The highest BCUT2D eigenvalue weighted by Crippen LogP contribution is 2.38. The van der Waals surface area contributed by atoms with Gasteiger partial charge in [0.25, 0.3) is 0 Å². The zero-order valence-corrected chi connectivity index (χ0v) is 30.7. The van der Waals surface area contributed by atoms with E-state index < -0.39 is 8.07 Å². The first kappa shape index (κ1) is 31.3. The van der Waals surface area contributed by atoms with Crippen LogP contribution in [0.15, 0.2) is 182 Å². The molecule has 0 spiro atoms. The van der Waals surface area contributed by atoms with E-state index in [-0.39, 0.29) is 0 Å². The highest BCUT2D eigenvalue weighted by Gasteiger charge is 2.42. The van der Waals surface area contributed by atoms with Crippen molar-refractivity contribution in [1.29, 1.82) is 0 Å². The Morgan fingerprint density at radius 2 is 0.849 bits per heavy atom. The van der Waals surface area contributed by atoms with Crippen LogP contribution in [-0.2, 0) is 0 Å². The summed E-state index contributed by atoms with van der Waals surface area (Å²) in [6, 6.07) is 65.8. The van der Waals surface area contributed by atoms with E-state index in [9.17, 15) is 0 Å². The van der Waals surface area contributed by atoms with Gasteiger partial charge in [-0.3, -0.25) is 0 Å². The molecule has 0 saturated carbocycles. The fourth-order valence-corrected chi connectivity index (χ4v) is 11.5. The summed E-state index contributed by atoms with van der Waals surface area (Å²) < 4.78 is 0. The largest absolute Gasteiger partial charge is 0.228 e. The van der Waals surface area contributed by atoms with Crippen LogP contribution >= 0.6 is 0 Å². The van der Waals surface area contributed by atoms with Gasteiger partial charge in [-0.2, -0.15) is 0 Å². The lowest BCUT2D eigenvalue weighted by Crippen LogP contribution is -2.50. The second-order valence-electron chi connectivity index (χ2n) is 14.6. The standard InChI is InChI=1S/C50H36N2Si/c1-53(2)46-32-41-17-7-6-16-40(41)31-45(46)48-49(53)47(51-50(52-48)44-24-12-18-36-15-8-9-23-43(36)44)42-22-11-21-39(30-42)38-20-10-19-37(29-38)35-27-25-34(26-28-35)33-13-4-3-5-14-33/h3-32H,1-2H3. The molecule has 250 valence electrons. The Labute approximate surface area is 311 Å². The number of hydrogen-bond donors (Lipinski definition) is 0. The number of aromatic nitrogens is 2. The molecule has 0 fully saturated rings. The normalized spacial score (nSPS) is 12.9. The summed E-state index contributed by atoms with van der Waals surface area (Å²) in [6.45, 7) is 4.93. The molecule has 1 aliphatic rings. The molecule has 3 heteroatoms. The Bertz CT molecular complexity index is 2850. The highest BCUT2D eigenvalue weighted by molar-refractivity contribution is 7.04. The Morgan fingerprint density at radius 3 is 1.58 bits per heavy atom. The average Bonchev–Trinajstić information content (AvgIpc) is 3.44. The highest BCUT2D eigenvalue weighted by atomic mass is 28.3. The zero-order chi connectivity index (χ0) is 35.5. The lowest BCUT2D eigenvalue weighted by atomic mass is 9.96. The molecule has 2 nitrogen and oxygen atoms in total. The molecule has 1 aliphatic heterocycles. The third kappa shape index (κ3) is 5.32. The predicted molar refractivity (Wildman–Crippen MR) is 226 cm³/mol. The maximum Gasteiger partial charge on any atom is 0.161 e. The lowest BCUT2D eigenvalue weighted by Gasteiger charge is -2.22. The molecule has 8 aromatic carbocycles. The fourth-order valence-electron chi connectivity index (χ4n) is 8.30. The van der Waals surface area contributed by atoms with Crippen molar-refractivity contribution in [3.05, 3.63) is 182 Å². The Kier molecular flexibility index (Phi) is 7.31. The third-order valence-corrected chi connectivity index (χ3v) is 14.5. The van der Waals surface area contributed by atoms with Crippen LogP contribution in [0.25, 0.3) is 88.8 Å². The first-order chi connectivity index (χ1) is 26.0. The van der Waals surface area contributed by atoms with Crippen molar-refractivity contribution < 1.29 is 0 Å². The molecule has 0 atom stereocenters. The van der Waals surface area contributed by atoms with Gasteiger partial charge < -0.3 is 0 Å². The van der Waals surface area contributed by atoms with Gasteiger partial charge in [0.05, 0.1) is 11.4 Å². The lowest BCUT2D eigenvalue weighted by molar-refractivity contribution is 1.21. The zero-order valence-electron chi connectivity index (χ0n) is 29.7. The van der Waals surface area contributed by atoms with Crippen LogP contribution < -0.4 is 10.4 Å². The van der Waals surface area contributed by atoms with Crippen molar-refractivity contribution in [2.45, 2.75) is 13.1 Å². The van der Waals surface area contributed by atoms with E-state index in [0.717, 1.165) is 33.7 Å². The number of rotatable bonds is 5. The van der Waals surface area contributed by atoms with Crippen LogP contribution in [0.2, 0.25) is 13.1 Å². The van der Waals surface area contributed by atoms with E-state index >= 15 is 0 Å². The van der Waals surface area contributed by atoms with Gasteiger partial charge in [0.2, 0.25) is 0 Å². The van der Waals surface area contributed by atoms with Gasteiger partial charge in [-0.15, -0.1) is 0 Å². The van der Waals surface area contributed by atoms with Crippen molar-refractivity contribution in [3.63, 3.8) is 0 Å². The number of benzene rings is 8. The fraction of sp³-hybridized carbons (Fsp3) is 0.0400. The second kappa shape index (κ2) is 12.4. The number of nitrogens with zero attached hydrogens (tertiary/aromatic N) is 2. The SMILES string of the molecule is C[Si]1(C)c2cc3ccccc3cc2-c2nc(-c3cccc4ccccc34)nc(-c3cccc(-c4cccc(-c5ccc(-c6ccccc6)cc5)c4)c3)c21. The van der Waals surface area contributed by atoms with Crippen molar-refractivity contribution in [3.8, 4) is 67.3 Å². The molecule has 0 bridgehead atoms. The molecule has 9 aromatic rings. The van der Waals surface area contributed by atoms with Crippen molar-refractivity contribution >= 4 is 40.0 Å². The van der Waals surface area contributed by atoms with Crippen molar-refractivity contribution in [2.24, 2.45) is 0 Å². The van der Waals surface area contributed by atoms with E-state index in [2.05, 4.69) is 195 Å². The van der Waals surface area contributed by atoms with Crippen LogP contribution in [-0.4, -0.2) is 18.0 Å². The van der Waals surface area contributed by atoms with Gasteiger partial charge in [-0.05, 0) is 83.5 Å². The summed E-state index contributed by atoms with van der Waals surface area (Å²) in [5, 5.41) is 7.62. The molecule has 0 aliphatic carbocycles. The summed E-state index contributed by atoms with van der Waals surface area (Å²) in [5.74, 6) is 0.771. The van der Waals surface area contributed by atoms with Crippen LogP contribution in [0.1, 0.15) is 0 Å². The summed E-state index contributed by atoms with van der Waals surface area (Å²) in [7, 11) is -2.21. The third-order valence-electron chi connectivity index (χ3n) is 11.0. The van der Waals surface area contributed by atoms with Crippen molar-refractivity contribution in [1.82, 2.24) is 9.97 Å². The van der Waals surface area contributed by atoms with E-state index in [1.165, 1.54) is 65.5 Å². The number of fused-ring (bicyclic) bond motifs is 5. The molecule has 0 unspecified atom stereocenters. The van der Waals surface area contributed by atoms with E-state index in [1.54, 1.807) is 0 Å². The molecule has 10 rings (SSSR count). The van der Waals surface area contributed by atoms with Gasteiger partial charge in [0.1, 0.15) is 8.07 Å². The van der Waals surface area contributed by atoms with E-state index in [1.807, 2.05) is 0 Å². The van der Waals surface area contributed by atoms with Crippen LogP contribution in [0.3, 0.4) is 0 Å². The maximum absolute atomic E-state index is 5.54. The molecule has 0 radical (unpaired) electrons. The van der Waals surface area contributed by atoms with E-state index in [4.69, 9.17) is 9.97 Å². The topological polar surface area (TPSA) is 25.8 Å². The van der Waals surface area contributed by atoms with Gasteiger partial charge in [0.15, 0.2) is 5.82 Å². The summed E-state index contributed by atoms with van der Waals surface area (Å²) in [5.41, 5.74) is 12.8. The molecular formula is C50H36N2Si. The first-order valence-electron chi connectivity index (χ1n) is 18.3. The first-order valence-corrected chi connectivity index (χ1v) is 21.3. The van der Waals surface area contributed by atoms with Crippen LogP contribution in [0.4, 0.5) is 0 Å². The molecule has 53 heavy (non-hydrogen) atoms. The van der Waals surface area contributed by atoms with Gasteiger partial charge >= 0.3 is 0 Å². The molecule has 0 amide bonds. The molecule has 1 aromatic heterocycles. The Hall–Kier alpha value is -6.42. The monoisotopic (exact) mass is 692 g/mol. The summed E-state index contributed by atoms with van der Waals surface area (Å²) >= 11 is 0. The minimum atomic E-state index is -2.21. The minimum Gasteiger partial charge on any atom is -0.228 e. The number of hydrogen-bond acceptors (Lipinski definition) is 2. The average molecular weight is 693 g/mol. The summed E-state index contributed by atoms with van der Waals surface area (Å²) in [4.78, 5) is 11.0. The molecule has 0 saturated heterocycles. The van der Waals surface area contributed by atoms with Gasteiger partial charge in [-0.25, -0.2) is 9.97 Å². The summed E-state index contributed by atoms with van der Waals surface area (Å²) in [6.07, 6.45) is 0. The molecular weight excluding hydrogens is 657 g/mol. The van der Waals surface area contributed by atoms with Gasteiger partial charge in [-0.1, -0.05) is 177 Å². The van der Waals surface area contributed by atoms with E-state index in [0.29, 0.717) is 0 Å². The predicted octanol–water partition coefficient (Wildman–Crippen LogP) is 11.9. The van der Waals surface area contributed by atoms with Gasteiger partial charge in [0, 0.05) is 16.7 Å². The quantitative estimate of drug-likeness (QED) is 0.168. The Morgan fingerprint density at radius 1 is 0.358 bits per heavy atom. The van der Waals surface area contributed by atoms with Crippen molar-refractivity contribution in [2.75, 3.05) is 0 Å². The Balaban J connectivity index is 1.13. The maximum atomic E-state index is 5.54. The molecule has 2 heterocycles.